The Morgan fingerprint density at radius 2 is 2.21 bits per heavy atom. The SMILES string of the molecule is COc1c(F)ccc(Cl)c1CCON. The lowest BCUT2D eigenvalue weighted by molar-refractivity contribution is 0.140. The van der Waals surface area contributed by atoms with Crippen molar-refractivity contribution < 1.29 is 14.0 Å². The Hall–Kier alpha value is -0.840. The Kier molecular flexibility index (Phi) is 4.13. The van der Waals surface area contributed by atoms with Gasteiger partial charge in [0.2, 0.25) is 0 Å². The Morgan fingerprint density at radius 1 is 1.50 bits per heavy atom. The molecular weight excluding hydrogens is 209 g/mol. The summed E-state index contributed by atoms with van der Waals surface area (Å²) in [6.45, 7) is 0.263. The molecule has 0 amide bonds. The van der Waals surface area contributed by atoms with Crippen molar-refractivity contribution in [3.8, 4) is 5.75 Å². The lowest BCUT2D eigenvalue weighted by atomic mass is 10.1. The molecule has 0 aromatic heterocycles. The monoisotopic (exact) mass is 219 g/mol. The first-order valence-electron chi connectivity index (χ1n) is 4.03. The van der Waals surface area contributed by atoms with Gasteiger partial charge in [0.25, 0.3) is 0 Å². The van der Waals surface area contributed by atoms with Crippen LogP contribution in [0.1, 0.15) is 5.56 Å². The summed E-state index contributed by atoms with van der Waals surface area (Å²) in [5.41, 5.74) is 0.569. The first kappa shape index (κ1) is 11.2. The number of hydrogen-bond donors (Lipinski definition) is 1. The molecule has 0 saturated carbocycles. The summed E-state index contributed by atoms with van der Waals surface area (Å²) < 4.78 is 18.1. The van der Waals surface area contributed by atoms with E-state index < -0.39 is 5.82 Å². The third kappa shape index (κ3) is 2.35. The predicted molar refractivity (Wildman–Crippen MR) is 51.8 cm³/mol. The van der Waals surface area contributed by atoms with E-state index in [2.05, 4.69) is 4.84 Å². The molecule has 0 aliphatic carbocycles. The second-order valence-corrected chi connectivity index (χ2v) is 3.07. The minimum absolute atomic E-state index is 0.148. The number of methoxy groups -OCH3 is 1. The van der Waals surface area contributed by atoms with Crippen molar-refractivity contribution in [2.75, 3.05) is 13.7 Å². The van der Waals surface area contributed by atoms with E-state index in [1.54, 1.807) is 0 Å². The number of hydrogen-bond acceptors (Lipinski definition) is 3. The Balaban J connectivity index is 3.03. The highest BCUT2D eigenvalue weighted by molar-refractivity contribution is 6.31. The molecule has 0 atom stereocenters. The summed E-state index contributed by atoms with van der Waals surface area (Å²) in [5, 5.41) is 0.445. The zero-order valence-electron chi connectivity index (χ0n) is 7.72. The average Bonchev–Trinajstić information content (AvgIpc) is 2.19. The van der Waals surface area contributed by atoms with Crippen LogP contribution in [0, 0.1) is 5.82 Å². The largest absolute Gasteiger partial charge is 0.493 e. The molecule has 0 fully saturated rings. The van der Waals surface area contributed by atoms with Gasteiger partial charge in [-0.05, 0) is 12.1 Å². The fraction of sp³-hybridized carbons (Fsp3) is 0.333. The second kappa shape index (κ2) is 5.14. The molecule has 0 bridgehead atoms. The summed E-state index contributed by atoms with van der Waals surface area (Å²) >= 11 is 5.87. The highest BCUT2D eigenvalue weighted by Gasteiger charge is 2.12. The molecule has 0 spiro atoms. The van der Waals surface area contributed by atoms with Gasteiger partial charge in [-0.15, -0.1) is 0 Å². The van der Waals surface area contributed by atoms with Crippen LogP contribution in [0.15, 0.2) is 12.1 Å². The summed E-state index contributed by atoms with van der Waals surface area (Å²) in [5.74, 6) is 4.59. The van der Waals surface area contributed by atoms with Crippen molar-refractivity contribution >= 4 is 11.6 Å². The van der Waals surface area contributed by atoms with Crippen molar-refractivity contribution in [2.45, 2.75) is 6.42 Å². The minimum Gasteiger partial charge on any atom is -0.493 e. The van der Waals surface area contributed by atoms with Gasteiger partial charge in [-0.1, -0.05) is 11.6 Å². The van der Waals surface area contributed by atoms with Gasteiger partial charge in [0, 0.05) is 17.0 Å². The number of nitrogens with two attached hydrogens (primary N) is 1. The van der Waals surface area contributed by atoms with Crippen LogP contribution in [0.2, 0.25) is 5.02 Å². The van der Waals surface area contributed by atoms with E-state index in [1.807, 2.05) is 0 Å². The van der Waals surface area contributed by atoms with E-state index in [0.29, 0.717) is 17.0 Å². The van der Waals surface area contributed by atoms with Crippen LogP contribution in [0.3, 0.4) is 0 Å². The first-order valence-corrected chi connectivity index (χ1v) is 4.41. The normalized spacial score (nSPS) is 10.3. The smallest absolute Gasteiger partial charge is 0.165 e. The number of ether oxygens (including phenoxy) is 1. The van der Waals surface area contributed by atoms with Crippen LogP contribution < -0.4 is 10.6 Å². The maximum absolute atomic E-state index is 13.2. The van der Waals surface area contributed by atoms with Crippen molar-refractivity contribution in [3.63, 3.8) is 0 Å². The third-order valence-corrected chi connectivity index (χ3v) is 2.18. The van der Waals surface area contributed by atoms with E-state index in [1.165, 1.54) is 19.2 Å². The second-order valence-electron chi connectivity index (χ2n) is 2.66. The van der Waals surface area contributed by atoms with Crippen LogP contribution >= 0.6 is 11.6 Å². The highest BCUT2D eigenvalue weighted by atomic mass is 35.5. The Bertz CT molecular complexity index is 320. The zero-order valence-corrected chi connectivity index (χ0v) is 8.47. The number of halogens is 2. The van der Waals surface area contributed by atoms with Crippen LogP contribution in [0.4, 0.5) is 4.39 Å². The molecule has 1 aromatic carbocycles. The van der Waals surface area contributed by atoms with Gasteiger partial charge in [-0.2, -0.15) is 0 Å². The number of benzene rings is 1. The van der Waals surface area contributed by atoms with Crippen molar-refractivity contribution in [1.82, 2.24) is 0 Å². The molecule has 0 aliphatic rings. The van der Waals surface area contributed by atoms with Crippen LogP contribution in [0.25, 0.3) is 0 Å². The van der Waals surface area contributed by atoms with E-state index in [-0.39, 0.29) is 12.4 Å². The fourth-order valence-corrected chi connectivity index (χ4v) is 1.43. The summed E-state index contributed by atoms with van der Waals surface area (Å²) in [6, 6.07) is 2.74. The van der Waals surface area contributed by atoms with Crippen molar-refractivity contribution in [1.29, 1.82) is 0 Å². The van der Waals surface area contributed by atoms with E-state index >= 15 is 0 Å². The highest BCUT2D eigenvalue weighted by Crippen LogP contribution is 2.29. The van der Waals surface area contributed by atoms with Gasteiger partial charge in [0.15, 0.2) is 11.6 Å². The molecule has 0 radical (unpaired) electrons. The molecule has 0 unspecified atom stereocenters. The van der Waals surface area contributed by atoms with Gasteiger partial charge in [0.1, 0.15) is 0 Å². The summed E-state index contributed by atoms with van der Waals surface area (Å²) in [6.07, 6.45) is 0.413. The fourth-order valence-electron chi connectivity index (χ4n) is 1.19. The zero-order chi connectivity index (χ0) is 10.6. The molecule has 5 heteroatoms. The van der Waals surface area contributed by atoms with Gasteiger partial charge in [-0.3, -0.25) is 0 Å². The molecule has 2 N–H and O–H groups in total. The lowest BCUT2D eigenvalue weighted by Crippen LogP contribution is -2.06. The minimum atomic E-state index is -0.441. The van der Waals surface area contributed by atoms with Crippen molar-refractivity contribution in [3.05, 3.63) is 28.5 Å². The van der Waals surface area contributed by atoms with Crippen LogP contribution in [0.5, 0.6) is 5.75 Å². The van der Waals surface area contributed by atoms with Crippen LogP contribution in [-0.4, -0.2) is 13.7 Å². The Morgan fingerprint density at radius 3 is 2.79 bits per heavy atom. The van der Waals surface area contributed by atoms with Gasteiger partial charge in [-0.25, -0.2) is 10.3 Å². The Labute approximate surface area is 86.5 Å². The topological polar surface area (TPSA) is 44.5 Å². The van der Waals surface area contributed by atoms with E-state index in [4.69, 9.17) is 22.2 Å². The lowest BCUT2D eigenvalue weighted by Gasteiger charge is -2.10. The summed E-state index contributed by atoms with van der Waals surface area (Å²) in [4.78, 5) is 4.40. The van der Waals surface area contributed by atoms with E-state index in [0.717, 1.165) is 0 Å². The van der Waals surface area contributed by atoms with Gasteiger partial charge < -0.3 is 9.57 Å². The molecule has 0 saturated heterocycles. The molecule has 3 nitrogen and oxygen atoms in total. The molecule has 1 aromatic rings. The van der Waals surface area contributed by atoms with Gasteiger partial charge in [0.05, 0.1) is 13.7 Å². The maximum atomic E-state index is 13.2. The molecule has 0 heterocycles. The summed E-state index contributed by atoms with van der Waals surface area (Å²) in [7, 11) is 1.39. The predicted octanol–water partition coefficient (Wildman–Crippen LogP) is 1.92. The molecule has 78 valence electrons. The van der Waals surface area contributed by atoms with Gasteiger partial charge >= 0.3 is 0 Å². The maximum Gasteiger partial charge on any atom is 0.165 e. The molecule has 14 heavy (non-hydrogen) atoms. The molecule has 1 rings (SSSR count). The third-order valence-electron chi connectivity index (χ3n) is 1.83. The number of rotatable bonds is 4. The standard InChI is InChI=1S/C9H11ClFNO2/c1-13-9-6(4-5-14-12)7(10)2-3-8(9)11/h2-3H,4-5,12H2,1H3. The van der Waals surface area contributed by atoms with Crippen LogP contribution in [-0.2, 0) is 11.3 Å². The van der Waals surface area contributed by atoms with Crippen molar-refractivity contribution in [2.24, 2.45) is 5.90 Å². The first-order chi connectivity index (χ1) is 6.70. The molecular formula is C9H11ClFNO2. The molecule has 0 aliphatic heterocycles. The average molecular weight is 220 g/mol. The quantitative estimate of drug-likeness (QED) is 0.787. The van der Waals surface area contributed by atoms with E-state index in [9.17, 15) is 4.39 Å².